The quantitative estimate of drug-likeness (QED) is 0.494. The van der Waals surface area contributed by atoms with E-state index < -0.39 is 0 Å². The van der Waals surface area contributed by atoms with Crippen LogP contribution in [0.2, 0.25) is 0 Å². The van der Waals surface area contributed by atoms with Crippen molar-refractivity contribution >= 4 is 11.6 Å². The molecule has 0 radical (unpaired) electrons. The molecule has 33 heavy (non-hydrogen) atoms. The first-order valence-corrected chi connectivity index (χ1v) is 11.0. The number of methoxy groups -OCH3 is 1. The summed E-state index contributed by atoms with van der Waals surface area (Å²) in [6.07, 6.45) is 3.49. The summed E-state index contributed by atoms with van der Waals surface area (Å²) in [5, 5.41) is 3.04. The zero-order valence-electron chi connectivity index (χ0n) is 18.5. The largest absolute Gasteiger partial charge is 0.496 e. The van der Waals surface area contributed by atoms with Gasteiger partial charge in [0.25, 0.3) is 0 Å². The normalized spacial score (nSPS) is 16.0. The molecule has 4 aromatic rings. The zero-order chi connectivity index (χ0) is 22.6. The Balaban J connectivity index is 1.32. The molecule has 0 fully saturated rings. The molecule has 0 bridgehead atoms. The van der Waals surface area contributed by atoms with Gasteiger partial charge in [-0.25, -0.2) is 4.98 Å². The monoisotopic (exact) mass is 442 g/mol. The molecule has 7 nitrogen and oxygen atoms in total. The smallest absolute Gasteiger partial charge is 0.234 e. The number of rotatable bonds is 6. The van der Waals surface area contributed by atoms with Crippen LogP contribution in [0.15, 0.2) is 79.1 Å². The predicted molar refractivity (Wildman–Crippen MR) is 125 cm³/mol. The summed E-state index contributed by atoms with van der Waals surface area (Å²) < 4.78 is 14.0. The van der Waals surface area contributed by atoms with E-state index in [2.05, 4.69) is 15.2 Å². The van der Waals surface area contributed by atoms with Gasteiger partial charge in [-0.3, -0.25) is 9.69 Å². The van der Waals surface area contributed by atoms with Crippen LogP contribution < -0.4 is 14.8 Å². The molecule has 1 unspecified atom stereocenters. The van der Waals surface area contributed by atoms with Crippen molar-refractivity contribution < 1.29 is 14.3 Å². The molecule has 1 atom stereocenters. The van der Waals surface area contributed by atoms with Crippen molar-refractivity contribution in [2.75, 3.05) is 20.2 Å². The molecule has 1 aliphatic heterocycles. The first-order valence-electron chi connectivity index (χ1n) is 11.0. The van der Waals surface area contributed by atoms with Gasteiger partial charge in [0.1, 0.15) is 23.3 Å². The van der Waals surface area contributed by atoms with E-state index in [1.54, 1.807) is 13.3 Å². The standard InChI is InChI=1S/C26H26N4O3/c1-32-23-11-5-3-9-21(23)24-17-29(16-19-8-2-4-10-22(19)33-24)18-26(31)28-15-20-14-27-25-12-6-7-13-30(20)25/h2-14,24H,15-18H2,1H3,(H,28,31). The lowest BCUT2D eigenvalue weighted by Crippen LogP contribution is -2.38. The van der Waals surface area contributed by atoms with Gasteiger partial charge in [0.2, 0.25) is 5.91 Å². The van der Waals surface area contributed by atoms with Crippen molar-refractivity contribution in [2.24, 2.45) is 0 Å². The molecule has 1 amide bonds. The number of fused-ring (bicyclic) bond motifs is 2. The van der Waals surface area contributed by atoms with Crippen LogP contribution in [-0.2, 0) is 17.9 Å². The maximum absolute atomic E-state index is 12.9. The second-order valence-electron chi connectivity index (χ2n) is 8.08. The number of amides is 1. The van der Waals surface area contributed by atoms with Crippen LogP contribution in [0.25, 0.3) is 5.65 Å². The average molecular weight is 443 g/mol. The molecule has 0 spiro atoms. The van der Waals surface area contributed by atoms with Gasteiger partial charge in [0.15, 0.2) is 0 Å². The van der Waals surface area contributed by atoms with Crippen LogP contribution in [0.4, 0.5) is 0 Å². The van der Waals surface area contributed by atoms with Crippen molar-refractivity contribution in [3.05, 3.63) is 95.9 Å². The van der Waals surface area contributed by atoms with Gasteiger partial charge in [0, 0.05) is 30.4 Å². The van der Waals surface area contributed by atoms with E-state index >= 15 is 0 Å². The molecule has 0 saturated carbocycles. The summed E-state index contributed by atoms with van der Waals surface area (Å²) in [6.45, 7) is 1.88. The van der Waals surface area contributed by atoms with E-state index in [1.165, 1.54) is 0 Å². The highest BCUT2D eigenvalue weighted by molar-refractivity contribution is 5.78. The summed E-state index contributed by atoms with van der Waals surface area (Å²) >= 11 is 0. The molecule has 168 valence electrons. The lowest BCUT2D eigenvalue weighted by molar-refractivity contribution is -0.122. The van der Waals surface area contributed by atoms with Crippen LogP contribution in [0.1, 0.15) is 22.9 Å². The number of aromatic nitrogens is 2. The van der Waals surface area contributed by atoms with E-state index in [9.17, 15) is 4.79 Å². The minimum absolute atomic E-state index is 0.0426. The van der Waals surface area contributed by atoms with Crippen molar-refractivity contribution in [1.82, 2.24) is 19.6 Å². The topological polar surface area (TPSA) is 68.1 Å². The van der Waals surface area contributed by atoms with Gasteiger partial charge in [-0.15, -0.1) is 0 Å². The first kappa shape index (κ1) is 21.0. The molecule has 5 rings (SSSR count). The Morgan fingerprint density at radius 3 is 2.85 bits per heavy atom. The van der Waals surface area contributed by atoms with E-state index in [4.69, 9.17) is 9.47 Å². The Morgan fingerprint density at radius 1 is 1.12 bits per heavy atom. The number of benzene rings is 2. The molecule has 2 aromatic heterocycles. The highest BCUT2D eigenvalue weighted by Crippen LogP contribution is 2.34. The van der Waals surface area contributed by atoms with Gasteiger partial charge in [-0.2, -0.15) is 0 Å². The van der Waals surface area contributed by atoms with Gasteiger partial charge < -0.3 is 19.2 Å². The lowest BCUT2D eigenvalue weighted by Gasteiger charge is -2.24. The van der Waals surface area contributed by atoms with E-state index in [0.717, 1.165) is 34.0 Å². The Labute approximate surface area is 192 Å². The third-order valence-corrected chi connectivity index (χ3v) is 5.87. The lowest BCUT2D eigenvalue weighted by atomic mass is 10.1. The summed E-state index contributed by atoms with van der Waals surface area (Å²) in [5.74, 6) is 1.57. The third-order valence-electron chi connectivity index (χ3n) is 5.87. The van der Waals surface area contributed by atoms with Crippen LogP contribution >= 0.6 is 0 Å². The first-order chi connectivity index (χ1) is 16.2. The number of imidazole rings is 1. The number of ether oxygens (including phenoxy) is 2. The van der Waals surface area contributed by atoms with Gasteiger partial charge in [-0.1, -0.05) is 42.5 Å². The second kappa shape index (κ2) is 9.34. The average Bonchev–Trinajstić information content (AvgIpc) is 3.17. The van der Waals surface area contributed by atoms with Crippen LogP contribution in [-0.4, -0.2) is 40.4 Å². The summed E-state index contributed by atoms with van der Waals surface area (Å²) in [5.41, 5.74) is 3.83. The minimum Gasteiger partial charge on any atom is -0.496 e. The fourth-order valence-electron chi connectivity index (χ4n) is 4.26. The number of hydrogen-bond donors (Lipinski definition) is 1. The fraction of sp³-hybridized carbons (Fsp3) is 0.231. The van der Waals surface area contributed by atoms with Crippen molar-refractivity contribution in [1.29, 1.82) is 0 Å². The van der Waals surface area contributed by atoms with Gasteiger partial charge >= 0.3 is 0 Å². The minimum atomic E-state index is -0.253. The van der Waals surface area contributed by atoms with Gasteiger partial charge in [-0.05, 0) is 24.3 Å². The molecule has 2 aromatic carbocycles. The Bertz CT molecular complexity index is 1270. The summed E-state index contributed by atoms with van der Waals surface area (Å²) in [6, 6.07) is 21.7. The Morgan fingerprint density at radius 2 is 1.94 bits per heavy atom. The van der Waals surface area contributed by atoms with E-state index in [-0.39, 0.29) is 18.6 Å². The maximum Gasteiger partial charge on any atom is 0.234 e. The molecular weight excluding hydrogens is 416 g/mol. The van der Waals surface area contributed by atoms with Crippen LogP contribution in [0.5, 0.6) is 11.5 Å². The molecular formula is C26H26N4O3. The number of nitrogens with zero attached hydrogens (tertiary/aromatic N) is 3. The number of pyridine rings is 1. The third kappa shape index (κ3) is 4.54. The number of hydrogen-bond acceptors (Lipinski definition) is 5. The van der Waals surface area contributed by atoms with Crippen molar-refractivity contribution in [3.8, 4) is 11.5 Å². The van der Waals surface area contributed by atoms with Crippen LogP contribution in [0, 0.1) is 0 Å². The second-order valence-corrected chi connectivity index (χ2v) is 8.08. The highest BCUT2D eigenvalue weighted by Gasteiger charge is 2.27. The van der Waals surface area contributed by atoms with Crippen molar-refractivity contribution in [3.63, 3.8) is 0 Å². The molecule has 3 heterocycles. The zero-order valence-corrected chi connectivity index (χ0v) is 18.5. The van der Waals surface area contributed by atoms with E-state index in [1.807, 2.05) is 77.3 Å². The number of carbonyl (C=O) groups excluding carboxylic acids is 1. The van der Waals surface area contributed by atoms with Crippen LogP contribution in [0.3, 0.4) is 0 Å². The summed E-state index contributed by atoms with van der Waals surface area (Å²) in [4.78, 5) is 19.4. The maximum atomic E-state index is 12.9. The van der Waals surface area contributed by atoms with Gasteiger partial charge in [0.05, 0.1) is 32.1 Å². The highest BCUT2D eigenvalue weighted by atomic mass is 16.5. The SMILES string of the molecule is COc1ccccc1C1CN(CC(=O)NCc2cnc3ccccn23)Cc2ccccc2O1. The Hall–Kier alpha value is -3.84. The number of para-hydroxylation sites is 2. The molecule has 1 N–H and O–H groups in total. The predicted octanol–water partition coefficient (Wildman–Crippen LogP) is 3.60. The summed E-state index contributed by atoms with van der Waals surface area (Å²) in [7, 11) is 1.66. The van der Waals surface area contributed by atoms with E-state index in [0.29, 0.717) is 19.6 Å². The molecule has 0 aliphatic carbocycles. The number of nitrogens with one attached hydrogen (secondary N) is 1. The fourth-order valence-corrected chi connectivity index (χ4v) is 4.26. The molecule has 7 heteroatoms. The van der Waals surface area contributed by atoms with Crippen molar-refractivity contribution in [2.45, 2.75) is 19.2 Å². The molecule has 0 saturated heterocycles. The number of carbonyl (C=O) groups is 1. The molecule has 1 aliphatic rings. The Kier molecular flexibility index (Phi) is 5.95.